The number of carbonyl (C=O) groups is 1. The van der Waals surface area contributed by atoms with Crippen LogP contribution in [0.4, 0.5) is 17.5 Å². The quantitative estimate of drug-likeness (QED) is 0.420. The van der Waals surface area contributed by atoms with E-state index in [9.17, 15) is 25.0 Å². The summed E-state index contributed by atoms with van der Waals surface area (Å²) in [5.41, 5.74) is -0.282. The average molecular weight is 455 g/mol. The summed E-state index contributed by atoms with van der Waals surface area (Å²) in [5.74, 6) is -1.67. The second-order valence-corrected chi connectivity index (χ2v) is 6.76. The maximum atomic E-state index is 12.2. The fraction of sp³-hybridized carbons (Fsp3) is 0.200. The second kappa shape index (κ2) is 8.42. The highest BCUT2D eigenvalue weighted by Gasteiger charge is 2.35. The van der Waals surface area contributed by atoms with Gasteiger partial charge in [-0.25, -0.2) is 9.67 Å². The molecule has 0 saturated heterocycles. The van der Waals surface area contributed by atoms with E-state index in [0.29, 0.717) is 15.6 Å². The number of hydrogen-bond donors (Lipinski definition) is 1. The number of carbonyl (C=O) groups excluding carboxylic acids is 1. The van der Waals surface area contributed by atoms with Crippen molar-refractivity contribution in [2.75, 3.05) is 5.32 Å². The first-order valence-corrected chi connectivity index (χ1v) is 8.91. The number of aromatic nitrogens is 5. The second-order valence-electron chi connectivity index (χ2n) is 5.94. The number of nitrogens with one attached hydrogen (secondary N) is 1. The zero-order chi connectivity index (χ0) is 22.0. The first-order chi connectivity index (χ1) is 14.2. The molecule has 0 radical (unpaired) electrons. The number of benzene rings is 1. The van der Waals surface area contributed by atoms with Crippen LogP contribution in [-0.4, -0.2) is 40.3 Å². The van der Waals surface area contributed by atoms with Gasteiger partial charge >= 0.3 is 11.5 Å². The number of anilines is 1. The highest BCUT2D eigenvalue weighted by atomic mass is 35.5. The molecule has 0 saturated carbocycles. The Morgan fingerprint density at radius 2 is 1.83 bits per heavy atom. The third-order valence-electron chi connectivity index (χ3n) is 3.98. The minimum atomic E-state index is -0.984. The molecular formula is C15H12Cl2N8O5. The third-order valence-corrected chi connectivity index (χ3v) is 4.68. The van der Waals surface area contributed by atoms with Gasteiger partial charge in [-0.3, -0.25) is 20.2 Å². The van der Waals surface area contributed by atoms with Crippen LogP contribution in [-0.2, 0) is 17.9 Å². The van der Waals surface area contributed by atoms with Gasteiger partial charge in [0.25, 0.3) is 5.91 Å². The highest BCUT2D eigenvalue weighted by molar-refractivity contribution is 6.35. The van der Waals surface area contributed by atoms with Crippen LogP contribution in [0.2, 0.25) is 10.0 Å². The minimum Gasteiger partial charge on any atom is -0.358 e. The van der Waals surface area contributed by atoms with E-state index >= 15 is 0 Å². The van der Waals surface area contributed by atoms with Gasteiger partial charge in [-0.2, -0.15) is 4.68 Å². The number of halogens is 2. The number of hydrogen-bond acceptors (Lipinski definition) is 8. The van der Waals surface area contributed by atoms with Crippen LogP contribution in [0, 0.1) is 27.2 Å². The Kier molecular flexibility index (Phi) is 5.94. The summed E-state index contributed by atoms with van der Waals surface area (Å²) in [5, 5.41) is 32.9. The Labute approximate surface area is 177 Å². The Balaban J connectivity index is 1.72. The topological polar surface area (TPSA) is 164 Å². The molecule has 1 amide bonds. The zero-order valence-electron chi connectivity index (χ0n) is 15.2. The normalized spacial score (nSPS) is 10.8. The molecule has 1 aromatic carbocycles. The van der Waals surface area contributed by atoms with Crippen molar-refractivity contribution >= 4 is 46.6 Å². The molecule has 156 valence electrons. The molecule has 0 fully saturated rings. The predicted molar refractivity (Wildman–Crippen MR) is 104 cm³/mol. The van der Waals surface area contributed by atoms with E-state index in [4.69, 9.17) is 23.2 Å². The van der Waals surface area contributed by atoms with Gasteiger partial charge in [0, 0.05) is 15.6 Å². The van der Waals surface area contributed by atoms with Crippen molar-refractivity contribution in [1.82, 2.24) is 24.5 Å². The Hall–Kier alpha value is -3.58. The molecule has 0 spiro atoms. The first kappa shape index (κ1) is 21.1. The average Bonchev–Trinajstić information content (AvgIpc) is 3.23. The number of nitro groups is 2. The molecule has 3 rings (SSSR count). The molecule has 30 heavy (non-hydrogen) atoms. The predicted octanol–water partition coefficient (Wildman–Crippen LogP) is 2.59. The molecule has 0 aliphatic heterocycles. The van der Waals surface area contributed by atoms with Crippen molar-refractivity contribution in [2.45, 2.75) is 20.0 Å². The van der Waals surface area contributed by atoms with E-state index in [1.807, 2.05) is 0 Å². The van der Waals surface area contributed by atoms with Gasteiger partial charge in [-0.05, 0) is 24.0 Å². The number of amides is 1. The Morgan fingerprint density at radius 1 is 1.17 bits per heavy atom. The number of rotatable bonds is 7. The highest BCUT2D eigenvalue weighted by Crippen LogP contribution is 2.29. The lowest BCUT2D eigenvalue weighted by Gasteiger charge is -2.06. The van der Waals surface area contributed by atoms with E-state index in [1.165, 1.54) is 17.9 Å². The van der Waals surface area contributed by atoms with E-state index < -0.39 is 33.8 Å². The van der Waals surface area contributed by atoms with E-state index in [1.54, 1.807) is 18.2 Å². The Bertz CT molecular complexity index is 1140. The molecule has 3 aromatic rings. The summed E-state index contributed by atoms with van der Waals surface area (Å²) in [4.78, 5) is 36.3. The zero-order valence-corrected chi connectivity index (χ0v) is 16.7. The molecular weight excluding hydrogens is 443 g/mol. The van der Waals surface area contributed by atoms with Crippen molar-refractivity contribution < 1.29 is 14.6 Å². The molecule has 13 nitrogen and oxygen atoms in total. The molecule has 0 aliphatic rings. The van der Waals surface area contributed by atoms with Gasteiger partial charge in [-0.15, -0.1) is 5.10 Å². The lowest BCUT2D eigenvalue weighted by molar-refractivity contribution is -0.424. The van der Waals surface area contributed by atoms with Gasteiger partial charge in [0.15, 0.2) is 0 Å². The van der Waals surface area contributed by atoms with Crippen molar-refractivity contribution in [3.05, 3.63) is 66.1 Å². The molecule has 2 heterocycles. The Morgan fingerprint density at radius 3 is 2.40 bits per heavy atom. The van der Waals surface area contributed by atoms with Gasteiger partial charge in [0.2, 0.25) is 5.95 Å². The van der Waals surface area contributed by atoms with Gasteiger partial charge < -0.3 is 10.1 Å². The van der Waals surface area contributed by atoms with Crippen LogP contribution >= 0.6 is 23.2 Å². The van der Waals surface area contributed by atoms with Crippen LogP contribution in [0.15, 0.2) is 24.5 Å². The summed E-state index contributed by atoms with van der Waals surface area (Å²) in [6, 6.07) is 5.05. The summed E-state index contributed by atoms with van der Waals surface area (Å²) in [7, 11) is 0. The van der Waals surface area contributed by atoms with Crippen molar-refractivity contribution in [1.29, 1.82) is 0 Å². The fourth-order valence-electron chi connectivity index (χ4n) is 2.59. The standard InChI is InChI=1S/C15H12Cl2N8O5/c1-8-13(24(27)28)14(25(29)30)20-23(8)6-12(26)19-15-18-7-22(21-15)5-9-10(16)3-2-4-11(9)17/h2-4,7H,5-6H2,1H3,(H,19,21,26). The van der Waals surface area contributed by atoms with Gasteiger partial charge in [-0.1, -0.05) is 29.3 Å². The van der Waals surface area contributed by atoms with Gasteiger partial charge in [0.1, 0.15) is 18.6 Å². The smallest absolute Gasteiger partial charge is 0.358 e. The molecule has 0 aliphatic carbocycles. The maximum absolute atomic E-state index is 12.2. The molecule has 1 N–H and O–H groups in total. The minimum absolute atomic E-state index is 0.0445. The van der Waals surface area contributed by atoms with Gasteiger partial charge in [0.05, 0.1) is 16.6 Å². The number of nitrogens with zero attached hydrogens (tertiary/aromatic N) is 7. The van der Waals surface area contributed by atoms with Crippen molar-refractivity contribution in [2.24, 2.45) is 0 Å². The lowest BCUT2D eigenvalue weighted by Crippen LogP contribution is -2.21. The maximum Gasteiger partial charge on any atom is 0.468 e. The van der Waals surface area contributed by atoms with Crippen molar-refractivity contribution in [3.8, 4) is 0 Å². The van der Waals surface area contributed by atoms with Crippen LogP contribution in [0.1, 0.15) is 11.3 Å². The summed E-state index contributed by atoms with van der Waals surface area (Å²) < 4.78 is 2.27. The van der Waals surface area contributed by atoms with Crippen molar-refractivity contribution in [3.63, 3.8) is 0 Å². The van der Waals surface area contributed by atoms with Crippen LogP contribution in [0.3, 0.4) is 0 Å². The lowest BCUT2D eigenvalue weighted by atomic mass is 10.2. The fourth-order valence-corrected chi connectivity index (χ4v) is 3.10. The molecule has 15 heteroatoms. The summed E-state index contributed by atoms with van der Waals surface area (Å²) >= 11 is 12.2. The molecule has 2 aromatic heterocycles. The summed E-state index contributed by atoms with van der Waals surface area (Å²) in [6.07, 6.45) is 1.35. The van der Waals surface area contributed by atoms with Crippen LogP contribution in [0.5, 0.6) is 0 Å². The first-order valence-electron chi connectivity index (χ1n) is 8.15. The monoisotopic (exact) mass is 454 g/mol. The van der Waals surface area contributed by atoms with E-state index in [-0.39, 0.29) is 18.2 Å². The largest absolute Gasteiger partial charge is 0.468 e. The van der Waals surface area contributed by atoms with E-state index in [2.05, 4.69) is 20.5 Å². The molecule has 0 unspecified atom stereocenters. The van der Waals surface area contributed by atoms with Crippen LogP contribution in [0.25, 0.3) is 0 Å². The SMILES string of the molecule is Cc1c([N+](=O)[O-])c([N+](=O)[O-])nn1CC(=O)Nc1ncn(Cc2c(Cl)cccc2Cl)n1. The molecule has 0 bridgehead atoms. The van der Waals surface area contributed by atoms with Crippen LogP contribution < -0.4 is 5.32 Å². The van der Waals surface area contributed by atoms with E-state index in [0.717, 1.165) is 4.68 Å². The molecule has 0 atom stereocenters. The third kappa shape index (κ3) is 4.36. The summed E-state index contributed by atoms with van der Waals surface area (Å²) in [6.45, 7) is 0.954.